The summed E-state index contributed by atoms with van der Waals surface area (Å²) in [5.74, 6) is 15.7. The monoisotopic (exact) mass is 1250 g/mol. The second-order valence-corrected chi connectivity index (χ2v) is 38.0. The molecule has 11 nitrogen and oxygen atoms in total. The zero-order chi connectivity index (χ0) is 64.9. The van der Waals surface area contributed by atoms with Crippen LogP contribution in [-0.2, 0) is 43.7 Å². The van der Waals surface area contributed by atoms with E-state index in [0.29, 0.717) is 34.5 Å². The van der Waals surface area contributed by atoms with Gasteiger partial charge < -0.3 is 36.7 Å². The lowest BCUT2D eigenvalue weighted by Crippen LogP contribution is -2.52. The molecule has 0 bridgehead atoms. The summed E-state index contributed by atoms with van der Waals surface area (Å²) in [7, 11) is -6.34. The van der Waals surface area contributed by atoms with Crippen LogP contribution >= 0.6 is 0 Å². The Morgan fingerprint density at radius 1 is 0.416 bits per heavy atom. The number of carbonyl (C=O) groups excluding carboxylic acids is 3. The Balaban J connectivity index is 0.000000755. The maximum atomic E-state index is 12.6. The van der Waals surface area contributed by atoms with Crippen LogP contribution in [0.25, 0.3) is 0 Å². The maximum Gasteiger partial charge on any atom is 0.519 e. The summed E-state index contributed by atoms with van der Waals surface area (Å²) in [4.78, 5) is 36.9. The third kappa shape index (κ3) is 23.6. The molecule has 0 heterocycles. The highest BCUT2D eigenvalue weighted by Crippen LogP contribution is 2.34. The first kappa shape index (κ1) is 69.7. The van der Waals surface area contributed by atoms with Gasteiger partial charge in [0.1, 0.15) is 34.5 Å². The van der Waals surface area contributed by atoms with Crippen molar-refractivity contribution in [2.24, 2.45) is 0 Å². The number of carbonyl (C=O) groups is 3. The first-order valence-corrected chi connectivity index (χ1v) is 39.3. The highest BCUT2D eigenvalue weighted by atomic mass is 28.5. The molecule has 472 valence electrons. The highest BCUT2D eigenvalue weighted by molar-refractivity contribution is 6.87. The van der Waals surface area contributed by atoms with Crippen molar-refractivity contribution in [1.29, 1.82) is 0 Å². The van der Waals surface area contributed by atoms with E-state index in [1.807, 2.05) is 129 Å². The van der Waals surface area contributed by atoms with E-state index in [9.17, 15) is 14.4 Å². The standard InChI is InChI=1S/C49H62O8Si3.C26H24O3.4H2/c1-10-38-20-28-43(29-21-38)52-47(50)53-44-30-22-39(23-31-44)16-14-36-58(4,5)56-60(8,9)57-59(6,7)37-15-17-40-24-32-45(33-25-40)54-48(51)55-46-34-26-42(27-35-46)49(2,3)41-18-12-11-13-19-41;1-7-8-9-10-19-26(5,6)21-13-17-23(18-14-21)29-24(27)28-22-15-11-20(12-16-22)25(2,3)4;;;;/h11-13,18-35H,10,14-17,36-37H2,1-9H3;1,11-18H,2-6H3;4*1H. The number of rotatable bonds is 22. The summed E-state index contributed by atoms with van der Waals surface area (Å²) < 4.78 is 45.9. The second kappa shape index (κ2) is 31.7. The first-order valence-electron chi connectivity index (χ1n) is 30.2. The van der Waals surface area contributed by atoms with E-state index < -0.39 is 49.1 Å². The molecule has 0 aromatic heterocycles. The molecule has 7 aromatic carbocycles. The van der Waals surface area contributed by atoms with Crippen molar-refractivity contribution < 1.29 is 56.7 Å². The van der Waals surface area contributed by atoms with Gasteiger partial charge in [0.15, 0.2) is 16.6 Å². The van der Waals surface area contributed by atoms with E-state index in [4.69, 9.17) is 43.1 Å². The van der Waals surface area contributed by atoms with Crippen LogP contribution in [0.15, 0.2) is 176 Å². The van der Waals surface area contributed by atoms with E-state index in [-0.39, 0.29) is 16.5 Å². The molecular weight excluding hydrogens is 1160 g/mol. The summed E-state index contributed by atoms with van der Waals surface area (Å²) >= 11 is 0. The molecule has 89 heavy (non-hydrogen) atoms. The summed E-state index contributed by atoms with van der Waals surface area (Å²) in [5, 5.41) is 0. The Kier molecular flexibility index (Phi) is 24.8. The summed E-state index contributed by atoms with van der Waals surface area (Å²) in [6.45, 7) is 30.3. The smallest absolute Gasteiger partial charge is 0.437 e. The van der Waals surface area contributed by atoms with Gasteiger partial charge in [-0.2, -0.15) is 0 Å². The van der Waals surface area contributed by atoms with Gasteiger partial charge in [0, 0.05) is 11.1 Å². The first-order chi connectivity index (χ1) is 42.0. The Labute approximate surface area is 538 Å². The maximum absolute atomic E-state index is 12.6. The predicted octanol–water partition coefficient (Wildman–Crippen LogP) is 19.9. The lowest BCUT2D eigenvalue weighted by Gasteiger charge is -2.39. The number of ether oxygens (including phenoxy) is 6. The van der Waals surface area contributed by atoms with Gasteiger partial charge >= 0.3 is 27.0 Å². The van der Waals surface area contributed by atoms with Crippen LogP contribution in [0.5, 0.6) is 34.5 Å². The Morgan fingerprint density at radius 2 is 0.742 bits per heavy atom. The molecule has 0 unspecified atom stereocenters. The zero-order valence-corrected chi connectivity index (χ0v) is 57.3. The normalized spacial score (nSPS) is 11.6. The van der Waals surface area contributed by atoms with E-state index in [2.05, 4.69) is 123 Å². The van der Waals surface area contributed by atoms with Crippen molar-refractivity contribution in [1.82, 2.24) is 0 Å². The Bertz CT molecular complexity index is 3620. The van der Waals surface area contributed by atoms with Crippen LogP contribution in [0.3, 0.4) is 0 Å². The fourth-order valence-corrected chi connectivity index (χ4v) is 24.1. The van der Waals surface area contributed by atoms with Gasteiger partial charge in [0.25, 0.3) is 0 Å². The van der Waals surface area contributed by atoms with Gasteiger partial charge in [-0.3, -0.25) is 0 Å². The molecule has 0 atom stereocenters. The SMILES string of the molecule is C#CC#CC#CC(C)(C)c1ccc(OC(=O)Oc2ccc(C(C)(C)C)cc2)cc1.CCc1ccc(OC(=O)Oc2ccc(CCC[Si](C)(C)O[Si](C)(C)O[Si](C)(C)CCCc3ccc(OC(=O)Oc4ccc(C(C)(C)c5ccccc5)cc4)cc3)cc2)cc1.[HH].[HH].[HH].[HH]. The third-order valence-electron chi connectivity index (χ3n) is 14.9. The molecule has 0 amide bonds. The molecule has 0 aliphatic rings. The number of hydrogen-bond donors (Lipinski definition) is 0. The molecule has 7 aromatic rings. The molecule has 0 spiro atoms. The fraction of sp³-hybridized carbons (Fsp3) is 0.320. The third-order valence-corrected chi connectivity index (χ3v) is 26.3. The number of aryl methyl sites for hydroxylation is 3. The van der Waals surface area contributed by atoms with E-state index in [0.717, 1.165) is 60.9 Å². The molecule has 7 rings (SSSR count). The Morgan fingerprint density at radius 3 is 1.09 bits per heavy atom. The molecule has 0 aliphatic heterocycles. The van der Waals surface area contributed by atoms with Gasteiger partial charge in [-0.1, -0.05) is 151 Å². The van der Waals surface area contributed by atoms with Crippen molar-refractivity contribution in [2.75, 3.05) is 0 Å². The molecular formula is C75H94O11Si3. The molecule has 0 saturated heterocycles. The second-order valence-electron chi connectivity index (χ2n) is 25.6. The topological polar surface area (TPSA) is 125 Å². The predicted molar refractivity (Wildman–Crippen MR) is 372 cm³/mol. The van der Waals surface area contributed by atoms with Crippen molar-refractivity contribution in [3.05, 3.63) is 215 Å². The minimum atomic E-state index is -2.36. The lowest BCUT2D eigenvalue weighted by molar-refractivity contribution is 0.150. The molecule has 14 heteroatoms. The molecule has 0 fully saturated rings. The molecule has 0 aliphatic carbocycles. The largest absolute Gasteiger partial charge is 0.519 e. The minimum absolute atomic E-state index is 0. The lowest BCUT2D eigenvalue weighted by atomic mass is 9.78. The Hall–Kier alpha value is -8.40. The van der Waals surface area contributed by atoms with Crippen molar-refractivity contribution in [2.45, 2.75) is 155 Å². The van der Waals surface area contributed by atoms with Gasteiger partial charge in [0.05, 0.1) is 5.41 Å². The number of terminal acetylenes is 1. The number of hydrogen-bond acceptors (Lipinski definition) is 11. The van der Waals surface area contributed by atoms with Crippen LogP contribution in [0.2, 0.25) is 51.4 Å². The van der Waals surface area contributed by atoms with E-state index in [1.165, 1.54) is 22.3 Å². The molecule has 0 N–H and O–H groups in total. The van der Waals surface area contributed by atoms with Crippen molar-refractivity contribution in [3.8, 4) is 70.5 Å². The van der Waals surface area contributed by atoms with E-state index >= 15 is 0 Å². The van der Waals surface area contributed by atoms with Gasteiger partial charge in [-0.05, 0) is 238 Å². The fourth-order valence-electron chi connectivity index (χ4n) is 10.0. The van der Waals surface area contributed by atoms with Gasteiger partial charge in [-0.15, -0.1) is 6.42 Å². The van der Waals surface area contributed by atoms with Crippen LogP contribution in [0.1, 0.15) is 113 Å². The van der Waals surface area contributed by atoms with Crippen LogP contribution in [0.4, 0.5) is 14.4 Å². The quantitative estimate of drug-likeness (QED) is 0.0279. The summed E-state index contributed by atoms with van der Waals surface area (Å²) in [6.07, 6.45) is 7.52. The average Bonchev–Trinajstić information content (AvgIpc) is 0.924. The van der Waals surface area contributed by atoms with Crippen LogP contribution < -0.4 is 28.4 Å². The molecule has 0 radical (unpaired) electrons. The highest BCUT2D eigenvalue weighted by Gasteiger charge is 2.39. The van der Waals surface area contributed by atoms with Crippen LogP contribution in [0, 0.1) is 36.0 Å². The van der Waals surface area contributed by atoms with E-state index in [1.54, 1.807) is 48.5 Å². The minimum Gasteiger partial charge on any atom is -0.437 e. The molecule has 0 saturated carbocycles. The zero-order valence-electron chi connectivity index (χ0n) is 54.3. The van der Waals surface area contributed by atoms with Crippen LogP contribution in [-0.4, -0.2) is 43.7 Å². The summed E-state index contributed by atoms with van der Waals surface area (Å²) in [5.41, 5.74) is 7.43. The average molecular weight is 1260 g/mol. The van der Waals surface area contributed by atoms with Gasteiger partial charge in [0.2, 0.25) is 0 Å². The van der Waals surface area contributed by atoms with Gasteiger partial charge in [-0.25, -0.2) is 14.4 Å². The number of benzene rings is 7. The van der Waals surface area contributed by atoms with Crippen molar-refractivity contribution in [3.63, 3.8) is 0 Å². The summed E-state index contributed by atoms with van der Waals surface area (Å²) in [6, 6.07) is 57.1. The van der Waals surface area contributed by atoms with Crippen molar-refractivity contribution >= 4 is 43.7 Å².